The summed E-state index contributed by atoms with van der Waals surface area (Å²) in [5, 5.41) is 3.53. The van der Waals surface area contributed by atoms with Crippen LogP contribution in [-0.2, 0) is 0 Å². The largest absolute Gasteiger partial charge is 0.399 e. The molecule has 29 heavy (non-hydrogen) atoms. The van der Waals surface area contributed by atoms with Crippen LogP contribution in [0, 0.1) is 0 Å². The lowest BCUT2D eigenvalue weighted by Crippen LogP contribution is -2.25. The third kappa shape index (κ3) is 5.32. The van der Waals surface area contributed by atoms with Crippen LogP contribution in [0.25, 0.3) is 0 Å². The number of rotatable bonds is 6. The van der Waals surface area contributed by atoms with Crippen LogP contribution in [0.2, 0.25) is 0 Å². The molecular weight excluding hydrogens is 354 g/mol. The smallest absolute Gasteiger partial charge is 0.0463 e. The van der Waals surface area contributed by atoms with Crippen molar-refractivity contribution in [1.82, 2.24) is 0 Å². The van der Waals surface area contributed by atoms with E-state index in [9.17, 15) is 0 Å². The van der Waals surface area contributed by atoms with Crippen molar-refractivity contribution < 1.29 is 0 Å². The fourth-order valence-corrected chi connectivity index (χ4v) is 3.39. The quantitative estimate of drug-likeness (QED) is 0.431. The average molecular weight is 388 g/mol. The molecule has 0 spiro atoms. The number of nitrogen functional groups attached to an aromatic ring is 1. The van der Waals surface area contributed by atoms with E-state index in [1.54, 1.807) is 0 Å². The lowest BCUT2D eigenvalue weighted by molar-refractivity contribution is 0.634. The Kier molecular flexibility index (Phi) is 6.17. The zero-order valence-corrected chi connectivity index (χ0v) is 18.2. The first-order valence-corrected chi connectivity index (χ1v) is 10.4. The molecule has 0 bridgehead atoms. The van der Waals surface area contributed by atoms with Gasteiger partial charge >= 0.3 is 0 Å². The average Bonchev–Trinajstić information content (AvgIpc) is 2.70. The molecule has 1 atom stereocenters. The van der Waals surface area contributed by atoms with Gasteiger partial charge in [-0.25, -0.2) is 0 Å². The zero-order chi connectivity index (χ0) is 21.0. The normalized spacial score (nSPS) is 12.4. The van der Waals surface area contributed by atoms with Gasteiger partial charge < -0.3 is 16.0 Å². The summed E-state index contributed by atoms with van der Waals surface area (Å²) in [5.74, 6) is 0.566. The van der Waals surface area contributed by atoms with Crippen molar-refractivity contribution in [3.05, 3.63) is 78.4 Å². The Morgan fingerprint density at radius 1 is 0.793 bits per heavy atom. The molecule has 0 heterocycles. The van der Waals surface area contributed by atoms with Crippen molar-refractivity contribution in [1.29, 1.82) is 0 Å². The van der Waals surface area contributed by atoms with Crippen LogP contribution < -0.4 is 16.0 Å². The van der Waals surface area contributed by atoms with Crippen molar-refractivity contribution in [3.8, 4) is 0 Å². The van der Waals surface area contributed by atoms with Gasteiger partial charge in [0.2, 0.25) is 0 Å². The molecule has 3 heteroatoms. The lowest BCUT2D eigenvalue weighted by Gasteiger charge is -2.27. The van der Waals surface area contributed by atoms with Crippen LogP contribution in [0.3, 0.4) is 0 Å². The van der Waals surface area contributed by atoms with E-state index in [4.69, 9.17) is 5.73 Å². The van der Waals surface area contributed by atoms with Crippen LogP contribution in [0.5, 0.6) is 0 Å². The third-order valence-corrected chi connectivity index (χ3v) is 5.13. The molecule has 0 saturated carbocycles. The zero-order valence-electron chi connectivity index (χ0n) is 18.2. The minimum atomic E-state index is 0.0317. The van der Waals surface area contributed by atoms with E-state index in [0.29, 0.717) is 5.92 Å². The Bertz CT molecular complexity index is 904. The summed E-state index contributed by atoms with van der Waals surface area (Å²) < 4.78 is 0. The van der Waals surface area contributed by atoms with Crippen LogP contribution in [-0.4, -0.2) is 5.54 Å². The molecule has 0 aromatic heterocycles. The lowest BCUT2D eigenvalue weighted by atomic mass is 9.98. The summed E-state index contributed by atoms with van der Waals surface area (Å²) in [6, 6.07) is 25.5. The first kappa shape index (κ1) is 20.8. The van der Waals surface area contributed by atoms with E-state index in [0.717, 1.165) is 34.9 Å². The summed E-state index contributed by atoms with van der Waals surface area (Å²) in [6.45, 7) is 11.0. The molecule has 152 valence electrons. The van der Waals surface area contributed by atoms with E-state index < -0.39 is 0 Å². The number of hydrogen-bond acceptors (Lipinski definition) is 3. The number of nitrogens with one attached hydrogen (secondary N) is 1. The highest BCUT2D eigenvalue weighted by Gasteiger charge is 2.14. The molecule has 0 aliphatic heterocycles. The van der Waals surface area contributed by atoms with Gasteiger partial charge in [0, 0.05) is 34.0 Å². The predicted molar refractivity (Wildman–Crippen MR) is 128 cm³/mol. The van der Waals surface area contributed by atoms with Gasteiger partial charge in [0.15, 0.2) is 0 Å². The first-order valence-electron chi connectivity index (χ1n) is 10.4. The maximum atomic E-state index is 5.92. The maximum absolute atomic E-state index is 5.92. The second-order valence-electron chi connectivity index (χ2n) is 8.75. The van der Waals surface area contributed by atoms with E-state index in [-0.39, 0.29) is 5.54 Å². The second kappa shape index (κ2) is 8.60. The molecule has 1 unspecified atom stereocenters. The van der Waals surface area contributed by atoms with Crippen LogP contribution in [0.1, 0.15) is 52.5 Å². The maximum Gasteiger partial charge on any atom is 0.0463 e. The number of nitrogens with zero attached hydrogens (tertiary/aromatic N) is 1. The molecule has 3 rings (SSSR count). The second-order valence-corrected chi connectivity index (χ2v) is 8.75. The summed E-state index contributed by atoms with van der Waals surface area (Å²) in [5.41, 5.74) is 12.6. The molecule has 3 aromatic rings. The van der Waals surface area contributed by atoms with Gasteiger partial charge in [-0.15, -0.1) is 0 Å². The topological polar surface area (TPSA) is 41.3 Å². The molecule has 0 saturated heterocycles. The van der Waals surface area contributed by atoms with Gasteiger partial charge in [-0.2, -0.15) is 0 Å². The van der Waals surface area contributed by atoms with Crippen molar-refractivity contribution >= 4 is 28.4 Å². The van der Waals surface area contributed by atoms with Crippen molar-refractivity contribution in [3.63, 3.8) is 0 Å². The fraction of sp³-hybridized carbons (Fsp3) is 0.308. The fourth-order valence-electron chi connectivity index (χ4n) is 3.39. The number of anilines is 5. The van der Waals surface area contributed by atoms with Gasteiger partial charge in [0.05, 0.1) is 0 Å². The van der Waals surface area contributed by atoms with Gasteiger partial charge in [0.1, 0.15) is 0 Å². The molecule has 0 aliphatic rings. The molecule has 0 amide bonds. The molecule has 0 fully saturated rings. The summed E-state index contributed by atoms with van der Waals surface area (Å²) in [4.78, 5) is 2.26. The number of nitrogens with two attached hydrogens (primary N) is 1. The highest BCUT2D eigenvalue weighted by atomic mass is 15.1. The van der Waals surface area contributed by atoms with E-state index >= 15 is 0 Å². The van der Waals surface area contributed by atoms with Gasteiger partial charge in [-0.3, -0.25) is 0 Å². The summed E-state index contributed by atoms with van der Waals surface area (Å²) >= 11 is 0. The Labute approximate surface area is 175 Å². The van der Waals surface area contributed by atoms with Gasteiger partial charge in [-0.05, 0) is 99.3 Å². The van der Waals surface area contributed by atoms with Crippen LogP contribution in [0.4, 0.5) is 28.4 Å². The molecule has 3 aromatic carbocycles. The monoisotopic (exact) mass is 387 g/mol. The van der Waals surface area contributed by atoms with E-state index in [1.807, 2.05) is 12.1 Å². The van der Waals surface area contributed by atoms with Crippen molar-refractivity contribution in [2.24, 2.45) is 0 Å². The minimum Gasteiger partial charge on any atom is -0.399 e. The van der Waals surface area contributed by atoms with Crippen molar-refractivity contribution in [2.75, 3.05) is 16.0 Å². The molecule has 3 nitrogen and oxygen atoms in total. The Hall–Kier alpha value is -2.94. The Balaban J connectivity index is 1.99. The minimum absolute atomic E-state index is 0.0317. The summed E-state index contributed by atoms with van der Waals surface area (Å²) in [7, 11) is 0. The number of hydrogen-bond donors (Lipinski definition) is 2. The Morgan fingerprint density at radius 3 is 1.69 bits per heavy atom. The predicted octanol–water partition coefficient (Wildman–Crippen LogP) is 7.46. The molecule has 0 aliphatic carbocycles. The third-order valence-electron chi connectivity index (χ3n) is 5.13. The Morgan fingerprint density at radius 2 is 1.24 bits per heavy atom. The van der Waals surface area contributed by atoms with Crippen molar-refractivity contribution in [2.45, 2.75) is 52.5 Å². The molecule has 3 N–H and O–H groups in total. The summed E-state index contributed by atoms with van der Waals surface area (Å²) in [6.07, 6.45) is 1.14. The molecule has 0 radical (unpaired) electrons. The SMILES string of the molecule is CCC(C)c1ccc(N(c2ccc(N)cc2)c2ccc(NC(C)(C)C)cc2)cc1. The van der Waals surface area contributed by atoms with Gasteiger partial charge in [-0.1, -0.05) is 26.0 Å². The molecular formula is C26H33N3. The first-order chi connectivity index (χ1) is 13.8. The van der Waals surface area contributed by atoms with E-state index in [2.05, 4.69) is 105 Å². The van der Waals surface area contributed by atoms with E-state index in [1.165, 1.54) is 5.56 Å². The van der Waals surface area contributed by atoms with Gasteiger partial charge in [0.25, 0.3) is 0 Å². The van der Waals surface area contributed by atoms with Crippen LogP contribution >= 0.6 is 0 Å². The van der Waals surface area contributed by atoms with Crippen LogP contribution in [0.15, 0.2) is 72.8 Å². The highest BCUT2D eigenvalue weighted by Crippen LogP contribution is 2.36. The highest BCUT2D eigenvalue weighted by molar-refractivity contribution is 5.78. The number of benzene rings is 3. The standard InChI is InChI=1S/C26H33N3/c1-6-19(2)20-7-13-23(14-8-20)29(24-15-9-21(27)10-16-24)25-17-11-22(12-18-25)28-26(3,4)5/h7-19,28H,6,27H2,1-5H3.